The summed E-state index contributed by atoms with van der Waals surface area (Å²) in [5, 5.41) is 0. The first-order valence-electron chi connectivity index (χ1n) is 10.1. The van der Waals surface area contributed by atoms with Gasteiger partial charge in [-0.3, -0.25) is 9.69 Å². The number of amides is 1. The molecule has 29 heavy (non-hydrogen) atoms. The first kappa shape index (κ1) is 21.2. The highest BCUT2D eigenvalue weighted by atomic mass is 19.1. The van der Waals surface area contributed by atoms with Gasteiger partial charge in [-0.05, 0) is 13.0 Å². The second-order valence-corrected chi connectivity index (χ2v) is 7.98. The lowest BCUT2D eigenvalue weighted by Gasteiger charge is -2.36. The van der Waals surface area contributed by atoms with Crippen LogP contribution in [0, 0.1) is 12.7 Å². The summed E-state index contributed by atoms with van der Waals surface area (Å²) in [7, 11) is 1.72. The maximum absolute atomic E-state index is 13.8. The summed E-state index contributed by atoms with van der Waals surface area (Å²) < 4.78 is 13.8. The molecule has 0 radical (unpaired) electrons. The van der Waals surface area contributed by atoms with Gasteiger partial charge in [0, 0.05) is 63.0 Å². The topological polar surface area (TPSA) is 52.6 Å². The van der Waals surface area contributed by atoms with Crippen LogP contribution in [0.15, 0.2) is 30.3 Å². The summed E-state index contributed by atoms with van der Waals surface area (Å²) in [6, 6.07) is 8.60. The molecule has 1 aliphatic rings. The predicted molar refractivity (Wildman–Crippen MR) is 112 cm³/mol. The number of hydrogen-bond acceptors (Lipinski definition) is 5. The van der Waals surface area contributed by atoms with Crippen molar-refractivity contribution in [2.45, 2.75) is 33.2 Å². The van der Waals surface area contributed by atoms with Crippen LogP contribution in [0.25, 0.3) is 0 Å². The minimum Gasteiger partial charge on any atom is -0.354 e. The SMILES string of the molecule is Cc1cc(N2CCN(CC(=O)N(C)Cc3ccccc3F)CC2)nc(C(C)C)n1. The van der Waals surface area contributed by atoms with E-state index in [1.54, 1.807) is 30.1 Å². The first-order valence-corrected chi connectivity index (χ1v) is 10.1. The Morgan fingerprint density at radius 3 is 2.52 bits per heavy atom. The molecule has 0 saturated carbocycles. The molecular formula is C22H30FN5O. The highest BCUT2D eigenvalue weighted by Gasteiger charge is 2.22. The molecule has 1 aliphatic heterocycles. The lowest BCUT2D eigenvalue weighted by atomic mass is 10.2. The summed E-state index contributed by atoms with van der Waals surface area (Å²) in [6.07, 6.45) is 0. The van der Waals surface area contributed by atoms with E-state index >= 15 is 0 Å². The minimum atomic E-state index is -0.276. The number of anilines is 1. The Balaban J connectivity index is 1.53. The molecule has 1 aromatic heterocycles. The number of rotatable bonds is 6. The normalized spacial score (nSPS) is 15.0. The van der Waals surface area contributed by atoms with Crippen molar-refractivity contribution in [1.29, 1.82) is 0 Å². The van der Waals surface area contributed by atoms with Gasteiger partial charge in [0.1, 0.15) is 17.5 Å². The van der Waals surface area contributed by atoms with Crippen LogP contribution in [-0.2, 0) is 11.3 Å². The lowest BCUT2D eigenvalue weighted by molar-refractivity contribution is -0.131. The van der Waals surface area contributed by atoms with Crippen LogP contribution < -0.4 is 4.90 Å². The van der Waals surface area contributed by atoms with Crippen molar-refractivity contribution in [3.63, 3.8) is 0 Å². The number of hydrogen-bond donors (Lipinski definition) is 0. The highest BCUT2D eigenvalue weighted by molar-refractivity contribution is 5.78. The fourth-order valence-corrected chi connectivity index (χ4v) is 3.41. The molecule has 1 saturated heterocycles. The Bertz CT molecular complexity index is 849. The van der Waals surface area contributed by atoms with E-state index in [0.717, 1.165) is 43.5 Å². The average Bonchev–Trinajstić information content (AvgIpc) is 2.69. The van der Waals surface area contributed by atoms with Crippen molar-refractivity contribution in [2.75, 3.05) is 44.7 Å². The van der Waals surface area contributed by atoms with Crippen molar-refractivity contribution < 1.29 is 9.18 Å². The van der Waals surface area contributed by atoms with Crippen molar-refractivity contribution in [1.82, 2.24) is 19.8 Å². The van der Waals surface area contributed by atoms with Crippen LogP contribution in [0.5, 0.6) is 0 Å². The van der Waals surface area contributed by atoms with Crippen LogP contribution in [-0.4, -0.2) is 65.4 Å². The summed E-state index contributed by atoms with van der Waals surface area (Å²) in [5.41, 5.74) is 1.51. The van der Waals surface area contributed by atoms with Gasteiger partial charge in [0.2, 0.25) is 5.91 Å². The molecule has 0 bridgehead atoms. The number of carbonyl (C=O) groups excluding carboxylic acids is 1. The van der Waals surface area contributed by atoms with Gasteiger partial charge in [-0.25, -0.2) is 14.4 Å². The van der Waals surface area contributed by atoms with E-state index in [4.69, 9.17) is 4.98 Å². The Morgan fingerprint density at radius 1 is 1.17 bits per heavy atom. The molecule has 0 atom stereocenters. The fourth-order valence-electron chi connectivity index (χ4n) is 3.41. The molecule has 156 valence electrons. The minimum absolute atomic E-state index is 0.00155. The van der Waals surface area contributed by atoms with Gasteiger partial charge in [0.25, 0.3) is 0 Å². The van der Waals surface area contributed by atoms with E-state index in [1.807, 2.05) is 13.0 Å². The van der Waals surface area contributed by atoms with Gasteiger partial charge in [0.15, 0.2) is 0 Å². The molecule has 1 aromatic carbocycles. The number of benzene rings is 1. The third-order valence-corrected chi connectivity index (χ3v) is 5.22. The first-order chi connectivity index (χ1) is 13.8. The molecule has 7 heteroatoms. The molecule has 0 aliphatic carbocycles. The van der Waals surface area contributed by atoms with Gasteiger partial charge in [-0.2, -0.15) is 0 Å². The zero-order valence-corrected chi connectivity index (χ0v) is 17.7. The maximum atomic E-state index is 13.8. The molecule has 2 heterocycles. The number of halogens is 1. The summed E-state index contributed by atoms with van der Waals surface area (Å²) >= 11 is 0. The van der Waals surface area contributed by atoms with Crippen LogP contribution >= 0.6 is 0 Å². The van der Waals surface area contributed by atoms with E-state index < -0.39 is 0 Å². The van der Waals surface area contributed by atoms with Gasteiger partial charge in [-0.15, -0.1) is 0 Å². The molecule has 0 N–H and O–H groups in total. The van der Waals surface area contributed by atoms with E-state index in [9.17, 15) is 9.18 Å². The third kappa shape index (κ3) is 5.50. The summed E-state index contributed by atoms with van der Waals surface area (Å²) in [4.78, 5) is 27.8. The third-order valence-electron chi connectivity index (χ3n) is 5.22. The average molecular weight is 400 g/mol. The van der Waals surface area contributed by atoms with E-state index in [0.29, 0.717) is 12.1 Å². The molecule has 3 rings (SSSR count). The second-order valence-electron chi connectivity index (χ2n) is 7.98. The van der Waals surface area contributed by atoms with E-state index in [1.165, 1.54) is 6.07 Å². The van der Waals surface area contributed by atoms with E-state index in [-0.39, 0.29) is 24.2 Å². The Hall–Kier alpha value is -2.54. The number of aryl methyl sites for hydroxylation is 1. The zero-order chi connectivity index (χ0) is 21.0. The van der Waals surface area contributed by atoms with Gasteiger partial charge in [-0.1, -0.05) is 32.0 Å². The Morgan fingerprint density at radius 2 is 1.86 bits per heavy atom. The molecule has 0 spiro atoms. The van der Waals surface area contributed by atoms with Gasteiger partial charge < -0.3 is 9.80 Å². The quantitative estimate of drug-likeness (QED) is 0.748. The van der Waals surface area contributed by atoms with Crippen molar-refractivity contribution in [3.05, 3.63) is 53.2 Å². The van der Waals surface area contributed by atoms with Crippen LogP contribution in [0.2, 0.25) is 0 Å². The largest absolute Gasteiger partial charge is 0.354 e. The highest BCUT2D eigenvalue weighted by Crippen LogP contribution is 2.19. The summed E-state index contributed by atoms with van der Waals surface area (Å²) in [5.74, 6) is 1.84. The zero-order valence-electron chi connectivity index (χ0n) is 17.7. The number of likely N-dealkylation sites (N-methyl/N-ethyl adjacent to an activating group) is 1. The Kier molecular flexibility index (Phi) is 6.79. The smallest absolute Gasteiger partial charge is 0.236 e. The molecule has 1 fully saturated rings. The summed E-state index contributed by atoms with van der Waals surface area (Å²) in [6.45, 7) is 10.0. The lowest BCUT2D eigenvalue weighted by Crippen LogP contribution is -2.50. The predicted octanol–water partition coefficient (Wildman–Crippen LogP) is 2.83. The molecule has 2 aromatic rings. The van der Waals surface area contributed by atoms with Crippen molar-refractivity contribution >= 4 is 11.7 Å². The standard InChI is InChI=1S/C22H30FN5O/c1-16(2)22-24-17(3)13-20(25-22)28-11-9-27(10-12-28)15-21(29)26(4)14-18-7-5-6-8-19(18)23/h5-8,13,16H,9-12,14-15H2,1-4H3. The van der Waals surface area contributed by atoms with Crippen molar-refractivity contribution in [3.8, 4) is 0 Å². The monoisotopic (exact) mass is 399 g/mol. The number of piperazine rings is 1. The molecular weight excluding hydrogens is 369 g/mol. The van der Waals surface area contributed by atoms with Gasteiger partial charge in [0.05, 0.1) is 6.54 Å². The van der Waals surface area contributed by atoms with Gasteiger partial charge >= 0.3 is 0 Å². The van der Waals surface area contributed by atoms with Crippen molar-refractivity contribution in [2.24, 2.45) is 0 Å². The number of carbonyl (C=O) groups is 1. The maximum Gasteiger partial charge on any atom is 0.236 e. The number of nitrogens with zero attached hydrogens (tertiary/aromatic N) is 5. The van der Waals surface area contributed by atoms with E-state index in [2.05, 4.69) is 28.6 Å². The Labute approximate surface area is 172 Å². The number of aromatic nitrogens is 2. The fraction of sp³-hybridized carbons (Fsp3) is 0.500. The van der Waals surface area contributed by atoms with Crippen LogP contribution in [0.1, 0.15) is 36.8 Å². The molecule has 0 unspecified atom stereocenters. The second kappa shape index (κ2) is 9.31. The molecule has 6 nitrogen and oxygen atoms in total. The van der Waals surface area contributed by atoms with Crippen LogP contribution in [0.3, 0.4) is 0 Å². The molecule has 1 amide bonds. The van der Waals surface area contributed by atoms with Crippen LogP contribution in [0.4, 0.5) is 10.2 Å².